The minimum absolute atomic E-state index is 0.258. The summed E-state index contributed by atoms with van der Waals surface area (Å²) in [5.74, 6) is 0. The summed E-state index contributed by atoms with van der Waals surface area (Å²) in [5.41, 5.74) is 0.258. The third-order valence-electron chi connectivity index (χ3n) is 4.10. The van der Waals surface area contributed by atoms with Crippen molar-refractivity contribution in [1.82, 2.24) is 13.9 Å². The maximum absolute atomic E-state index is 12.5. The van der Waals surface area contributed by atoms with Crippen LogP contribution >= 0.6 is 0 Å². The average molecular weight is 305 g/mol. The Morgan fingerprint density at radius 3 is 2.60 bits per heavy atom. The molecule has 6 heteroatoms. The molecule has 0 bridgehead atoms. The van der Waals surface area contributed by atoms with Crippen molar-refractivity contribution in [3.8, 4) is 0 Å². The van der Waals surface area contributed by atoms with E-state index in [1.54, 1.807) is 11.4 Å². The Balaban J connectivity index is 2.54. The fraction of sp³-hybridized carbons (Fsp3) is 1.00. The molecule has 0 amide bonds. The summed E-state index contributed by atoms with van der Waals surface area (Å²) in [4.78, 5) is 0. The molecule has 0 aromatic heterocycles. The van der Waals surface area contributed by atoms with Crippen LogP contribution in [0.5, 0.6) is 0 Å². The molecule has 20 heavy (non-hydrogen) atoms. The molecule has 0 aliphatic carbocycles. The number of nitrogens with zero attached hydrogens (tertiary/aromatic N) is 2. The average Bonchev–Trinajstić information content (AvgIpc) is 2.55. The van der Waals surface area contributed by atoms with E-state index in [9.17, 15) is 8.42 Å². The number of rotatable bonds is 7. The molecule has 5 nitrogen and oxygen atoms in total. The largest absolute Gasteiger partial charge is 0.317 e. The van der Waals surface area contributed by atoms with E-state index in [-0.39, 0.29) is 5.41 Å². The van der Waals surface area contributed by atoms with E-state index in [0.29, 0.717) is 19.6 Å². The van der Waals surface area contributed by atoms with Gasteiger partial charge in [-0.1, -0.05) is 20.8 Å². The van der Waals surface area contributed by atoms with E-state index in [4.69, 9.17) is 0 Å². The van der Waals surface area contributed by atoms with Crippen molar-refractivity contribution in [2.45, 2.75) is 46.5 Å². The van der Waals surface area contributed by atoms with Crippen LogP contribution in [0.1, 0.15) is 46.5 Å². The quantitative estimate of drug-likeness (QED) is 0.728. The van der Waals surface area contributed by atoms with Crippen molar-refractivity contribution >= 4 is 10.2 Å². The van der Waals surface area contributed by atoms with Crippen molar-refractivity contribution in [2.75, 3.05) is 39.8 Å². The Labute approximate surface area is 124 Å². The Morgan fingerprint density at radius 2 is 1.95 bits per heavy atom. The van der Waals surface area contributed by atoms with E-state index in [1.807, 2.05) is 0 Å². The maximum Gasteiger partial charge on any atom is 0.281 e. The highest BCUT2D eigenvalue weighted by atomic mass is 32.2. The predicted molar refractivity (Wildman–Crippen MR) is 83.9 cm³/mol. The Kier molecular flexibility index (Phi) is 6.91. The number of nitrogens with one attached hydrogen (secondary N) is 1. The molecule has 1 heterocycles. The van der Waals surface area contributed by atoms with Gasteiger partial charge >= 0.3 is 0 Å². The van der Waals surface area contributed by atoms with Gasteiger partial charge in [0.2, 0.25) is 0 Å². The SMILES string of the molecule is CCNCCCN(C)S(=O)(=O)N1CCCC(C)(C)CC1. The molecule has 1 fully saturated rings. The molecular formula is C14H31N3O2S. The minimum atomic E-state index is -3.28. The first-order valence-corrected chi connectivity index (χ1v) is 9.11. The predicted octanol–water partition coefficient (Wildman–Crippen LogP) is 1.67. The lowest BCUT2D eigenvalue weighted by atomic mass is 9.85. The Bertz CT molecular complexity index is 382. The number of hydrogen-bond donors (Lipinski definition) is 1. The topological polar surface area (TPSA) is 52.7 Å². The number of hydrogen-bond acceptors (Lipinski definition) is 3. The van der Waals surface area contributed by atoms with Gasteiger partial charge in [-0.3, -0.25) is 0 Å². The van der Waals surface area contributed by atoms with Gasteiger partial charge in [-0.2, -0.15) is 17.0 Å². The summed E-state index contributed by atoms with van der Waals surface area (Å²) < 4.78 is 28.3. The molecule has 0 atom stereocenters. The normalized spacial score (nSPS) is 21.1. The first-order valence-electron chi connectivity index (χ1n) is 7.72. The first kappa shape index (κ1) is 17.9. The smallest absolute Gasteiger partial charge is 0.281 e. The zero-order valence-electron chi connectivity index (χ0n) is 13.5. The lowest BCUT2D eigenvalue weighted by molar-refractivity contribution is 0.309. The molecular weight excluding hydrogens is 274 g/mol. The van der Waals surface area contributed by atoms with E-state index < -0.39 is 10.2 Å². The van der Waals surface area contributed by atoms with Gasteiger partial charge in [0.1, 0.15) is 0 Å². The Hall–Kier alpha value is -0.170. The zero-order chi connectivity index (χ0) is 15.2. The summed E-state index contributed by atoms with van der Waals surface area (Å²) in [6, 6.07) is 0. The van der Waals surface area contributed by atoms with Crippen molar-refractivity contribution in [1.29, 1.82) is 0 Å². The molecule has 120 valence electrons. The van der Waals surface area contributed by atoms with E-state index in [1.165, 1.54) is 4.31 Å². The summed E-state index contributed by atoms with van der Waals surface area (Å²) in [7, 11) is -1.59. The first-order chi connectivity index (χ1) is 9.29. The van der Waals surface area contributed by atoms with Crippen LogP contribution in [0.25, 0.3) is 0 Å². The van der Waals surface area contributed by atoms with Crippen LogP contribution in [-0.4, -0.2) is 56.8 Å². The van der Waals surface area contributed by atoms with Crippen molar-refractivity contribution < 1.29 is 8.42 Å². The lowest BCUT2D eigenvalue weighted by Gasteiger charge is -2.27. The van der Waals surface area contributed by atoms with Gasteiger partial charge in [0.15, 0.2) is 0 Å². The highest BCUT2D eigenvalue weighted by Gasteiger charge is 2.31. The van der Waals surface area contributed by atoms with E-state index in [0.717, 1.165) is 38.8 Å². The molecule has 1 aliphatic heterocycles. The Morgan fingerprint density at radius 1 is 1.25 bits per heavy atom. The van der Waals surface area contributed by atoms with Crippen molar-refractivity contribution in [3.05, 3.63) is 0 Å². The van der Waals surface area contributed by atoms with Crippen LogP contribution in [0.15, 0.2) is 0 Å². The summed E-state index contributed by atoms with van der Waals surface area (Å²) in [5, 5.41) is 3.22. The summed E-state index contributed by atoms with van der Waals surface area (Å²) in [6.45, 7) is 10.2. The molecule has 0 aromatic rings. The second kappa shape index (κ2) is 7.73. The monoisotopic (exact) mass is 305 g/mol. The van der Waals surface area contributed by atoms with Crippen LogP contribution in [0, 0.1) is 5.41 Å². The summed E-state index contributed by atoms with van der Waals surface area (Å²) >= 11 is 0. The summed E-state index contributed by atoms with van der Waals surface area (Å²) in [6.07, 6.45) is 3.85. The third-order valence-corrected chi connectivity index (χ3v) is 6.08. The van der Waals surface area contributed by atoms with Crippen LogP contribution in [0.4, 0.5) is 0 Å². The third kappa shape index (κ3) is 5.31. The van der Waals surface area contributed by atoms with Gasteiger partial charge in [-0.25, -0.2) is 0 Å². The van der Waals surface area contributed by atoms with Crippen LogP contribution < -0.4 is 5.32 Å². The molecule has 1 saturated heterocycles. The fourth-order valence-electron chi connectivity index (χ4n) is 2.54. The van der Waals surface area contributed by atoms with Crippen LogP contribution in [0.2, 0.25) is 0 Å². The van der Waals surface area contributed by atoms with Gasteiger partial charge in [-0.15, -0.1) is 0 Å². The standard InChI is InChI=1S/C14H31N3O2S/c1-5-15-10-7-11-16(4)20(18,19)17-12-6-8-14(2,3)9-13-17/h15H,5-13H2,1-4H3. The molecule has 0 unspecified atom stereocenters. The molecule has 1 aliphatic rings. The van der Waals surface area contributed by atoms with Gasteiger partial charge < -0.3 is 5.32 Å². The lowest BCUT2D eigenvalue weighted by Crippen LogP contribution is -2.43. The molecule has 0 spiro atoms. The highest BCUT2D eigenvalue weighted by Crippen LogP contribution is 2.30. The maximum atomic E-state index is 12.5. The molecule has 1 rings (SSSR count). The fourth-order valence-corrected chi connectivity index (χ4v) is 3.98. The van der Waals surface area contributed by atoms with Crippen LogP contribution in [-0.2, 0) is 10.2 Å². The van der Waals surface area contributed by atoms with Crippen molar-refractivity contribution in [3.63, 3.8) is 0 Å². The molecule has 0 saturated carbocycles. The molecule has 0 aromatic carbocycles. The van der Waals surface area contributed by atoms with Crippen LogP contribution in [0.3, 0.4) is 0 Å². The van der Waals surface area contributed by atoms with Crippen molar-refractivity contribution in [2.24, 2.45) is 5.41 Å². The van der Waals surface area contributed by atoms with E-state index in [2.05, 4.69) is 26.1 Å². The van der Waals surface area contributed by atoms with Gasteiger partial charge in [0.05, 0.1) is 0 Å². The van der Waals surface area contributed by atoms with Gasteiger partial charge in [0, 0.05) is 26.7 Å². The van der Waals surface area contributed by atoms with Gasteiger partial charge in [-0.05, 0) is 44.2 Å². The minimum Gasteiger partial charge on any atom is -0.317 e. The highest BCUT2D eigenvalue weighted by molar-refractivity contribution is 7.86. The van der Waals surface area contributed by atoms with E-state index >= 15 is 0 Å². The second-order valence-electron chi connectivity index (χ2n) is 6.45. The zero-order valence-corrected chi connectivity index (χ0v) is 14.3. The van der Waals surface area contributed by atoms with Gasteiger partial charge in [0.25, 0.3) is 10.2 Å². The second-order valence-corrected chi connectivity index (χ2v) is 8.49. The molecule has 1 N–H and O–H groups in total. The molecule has 0 radical (unpaired) electrons.